The van der Waals surface area contributed by atoms with Crippen molar-refractivity contribution in [2.45, 2.75) is 25.7 Å². The molecule has 6 fully saturated rings. The van der Waals surface area contributed by atoms with E-state index >= 15 is 0 Å². The number of carbonyl (C=O) groups excluding carboxylic acids is 2. The summed E-state index contributed by atoms with van der Waals surface area (Å²) in [6, 6.07) is 0. The highest BCUT2D eigenvalue weighted by molar-refractivity contribution is 6.39. The van der Waals surface area contributed by atoms with E-state index in [1.165, 1.54) is 25.7 Å². The van der Waals surface area contributed by atoms with Crippen LogP contribution in [0.2, 0.25) is 0 Å². The van der Waals surface area contributed by atoms with Crippen LogP contribution in [0.15, 0.2) is 0 Å². The fourth-order valence-electron chi connectivity index (χ4n) is 6.73. The largest absolute Gasteiger partial charge is 0.291 e. The van der Waals surface area contributed by atoms with Crippen molar-refractivity contribution in [3.05, 3.63) is 0 Å². The first-order chi connectivity index (χ1) is 7.79. The maximum atomic E-state index is 12.3. The zero-order valence-electron chi connectivity index (χ0n) is 9.26. The summed E-state index contributed by atoms with van der Waals surface area (Å²) in [5.74, 6) is 4.48. The van der Waals surface area contributed by atoms with Crippen LogP contribution >= 0.6 is 0 Å². The van der Waals surface area contributed by atoms with E-state index in [1.807, 2.05) is 0 Å². The molecule has 8 bridgehead atoms. The molecule has 0 aromatic carbocycles. The van der Waals surface area contributed by atoms with Crippen molar-refractivity contribution in [2.24, 2.45) is 47.3 Å². The molecule has 2 heteroatoms. The molecule has 16 heavy (non-hydrogen) atoms. The summed E-state index contributed by atoms with van der Waals surface area (Å²) in [5, 5.41) is 0. The van der Waals surface area contributed by atoms with Crippen LogP contribution in [0, 0.1) is 47.3 Å². The van der Waals surface area contributed by atoms with Crippen LogP contribution in [0.25, 0.3) is 0 Å². The predicted octanol–water partition coefficient (Wildman–Crippen LogP) is 1.68. The van der Waals surface area contributed by atoms with Crippen LogP contribution in [0.5, 0.6) is 0 Å². The van der Waals surface area contributed by atoms with Gasteiger partial charge in [0.2, 0.25) is 11.6 Å². The van der Waals surface area contributed by atoms with E-state index in [2.05, 4.69) is 0 Å². The Morgan fingerprint density at radius 1 is 0.625 bits per heavy atom. The Kier molecular flexibility index (Phi) is 1.21. The van der Waals surface area contributed by atoms with Crippen molar-refractivity contribution >= 4 is 11.6 Å². The summed E-state index contributed by atoms with van der Waals surface area (Å²) in [4.78, 5) is 24.5. The number of carbonyl (C=O) groups is 2. The topological polar surface area (TPSA) is 34.1 Å². The lowest BCUT2D eigenvalue weighted by Gasteiger charge is -2.25. The molecule has 2 nitrogen and oxygen atoms in total. The number of Topliss-reactive ketones (excluding diaryl/α,β-unsaturated/α-hetero) is 2. The minimum absolute atomic E-state index is 0.0527. The Bertz CT molecular complexity index is 362. The second kappa shape index (κ2) is 2.30. The van der Waals surface area contributed by atoms with Gasteiger partial charge in [-0.15, -0.1) is 0 Å². The molecule has 0 radical (unpaired) electrons. The molecule has 6 saturated carbocycles. The summed E-state index contributed by atoms with van der Waals surface area (Å²) in [6.07, 6.45) is 4.98. The van der Waals surface area contributed by atoms with Crippen molar-refractivity contribution in [1.82, 2.24) is 0 Å². The molecule has 0 amide bonds. The monoisotopic (exact) mass is 216 g/mol. The Balaban J connectivity index is 1.83. The van der Waals surface area contributed by atoms with E-state index in [9.17, 15) is 9.59 Å². The maximum Gasteiger partial charge on any atom is 0.202 e. The quantitative estimate of drug-likeness (QED) is 0.577. The van der Waals surface area contributed by atoms with Crippen molar-refractivity contribution in [1.29, 1.82) is 0 Å². The molecule has 0 N–H and O–H groups in total. The third kappa shape index (κ3) is 0.618. The van der Waals surface area contributed by atoms with Gasteiger partial charge in [-0.05, 0) is 61.2 Å². The van der Waals surface area contributed by atoms with E-state index in [0.717, 1.165) is 11.8 Å². The van der Waals surface area contributed by atoms with E-state index in [4.69, 9.17) is 0 Å². The fraction of sp³-hybridized carbons (Fsp3) is 0.857. The van der Waals surface area contributed by atoms with Crippen LogP contribution < -0.4 is 0 Å². The van der Waals surface area contributed by atoms with Gasteiger partial charge < -0.3 is 0 Å². The van der Waals surface area contributed by atoms with Crippen LogP contribution in [0.3, 0.4) is 0 Å². The highest BCUT2D eigenvalue weighted by atomic mass is 16.2. The van der Waals surface area contributed by atoms with Gasteiger partial charge in [-0.25, -0.2) is 0 Å². The first-order valence-electron chi connectivity index (χ1n) is 6.87. The van der Waals surface area contributed by atoms with Crippen molar-refractivity contribution in [3.63, 3.8) is 0 Å². The lowest BCUT2D eigenvalue weighted by Crippen LogP contribution is -2.36. The normalized spacial score (nSPS) is 64.8. The molecular weight excluding hydrogens is 200 g/mol. The van der Waals surface area contributed by atoms with Crippen molar-refractivity contribution in [3.8, 4) is 0 Å². The standard InChI is InChI=1S/C14H16O2/c15-13-11-5-1-2-6-9(5)10-7(11)3-4-8(10)12(6)14(13)16/h5-12H,1-4H2/t5-,6-,7+,8+,9?,10?,11?,12?. The first-order valence-corrected chi connectivity index (χ1v) is 6.87. The van der Waals surface area contributed by atoms with E-state index in [-0.39, 0.29) is 23.4 Å². The number of hydrogen-bond donors (Lipinski definition) is 0. The molecule has 0 aliphatic heterocycles. The second-order valence-corrected chi connectivity index (χ2v) is 6.74. The molecule has 6 aliphatic carbocycles. The van der Waals surface area contributed by atoms with Crippen molar-refractivity contribution < 1.29 is 9.59 Å². The number of ketones is 2. The average Bonchev–Trinajstić information content (AvgIpc) is 2.91. The van der Waals surface area contributed by atoms with Gasteiger partial charge in [0.1, 0.15) is 0 Å². The fourth-order valence-corrected chi connectivity index (χ4v) is 6.73. The average molecular weight is 216 g/mol. The van der Waals surface area contributed by atoms with Crippen LogP contribution in [0.1, 0.15) is 25.7 Å². The predicted molar refractivity (Wildman–Crippen MR) is 56.4 cm³/mol. The lowest BCUT2D eigenvalue weighted by atomic mass is 9.77. The molecule has 2 unspecified atom stereocenters. The van der Waals surface area contributed by atoms with Gasteiger partial charge in [-0.1, -0.05) is 0 Å². The SMILES string of the molecule is O=C1C(=O)C2[C@H]3CC[C@@H]4C1[C@@H]1CC[C@@H]2C1C43. The molecule has 6 atom stereocenters. The van der Waals surface area contributed by atoms with Gasteiger partial charge in [0.05, 0.1) is 0 Å². The third-order valence-corrected chi connectivity index (χ3v) is 6.78. The Morgan fingerprint density at radius 2 is 0.938 bits per heavy atom. The molecule has 6 aliphatic rings. The maximum absolute atomic E-state index is 12.3. The summed E-state index contributed by atoms with van der Waals surface area (Å²) in [7, 11) is 0. The van der Waals surface area contributed by atoms with Gasteiger partial charge in [0.25, 0.3) is 0 Å². The second-order valence-electron chi connectivity index (χ2n) is 6.74. The smallest absolute Gasteiger partial charge is 0.202 e. The minimum Gasteiger partial charge on any atom is -0.291 e. The third-order valence-electron chi connectivity index (χ3n) is 6.78. The first kappa shape index (κ1) is 8.43. The summed E-state index contributed by atoms with van der Waals surface area (Å²) in [5.41, 5.74) is 0. The van der Waals surface area contributed by atoms with Gasteiger partial charge in [0, 0.05) is 11.8 Å². The minimum atomic E-state index is 0.0527. The van der Waals surface area contributed by atoms with Gasteiger partial charge in [0.15, 0.2) is 0 Å². The molecule has 84 valence electrons. The zero-order chi connectivity index (χ0) is 10.6. The Labute approximate surface area is 94.8 Å². The van der Waals surface area contributed by atoms with Crippen LogP contribution in [-0.2, 0) is 9.59 Å². The molecule has 6 rings (SSSR count). The van der Waals surface area contributed by atoms with Crippen LogP contribution in [0.4, 0.5) is 0 Å². The Hall–Kier alpha value is -0.660. The van der Waals surface area contributed by atoms with Gasteiger partial charge in [-0.2, -0.15) is 0 Å². The molecule has 0 aromatic heterocycles. The number of fused-ring (bicyclic) bond motifs is 1. The molecule has 0 heterocycles. The van der Waals surface area contributed by atoms with E-state index in [1.54, 1.807) is 0 Å². The molecule has 0 spiro atoms. The number of hydrogen-bond acceptors (Lipinski definition) is 2. The molecule has 0 aromatic rings. The van der Waals surface area contributed by atoms with Gasteiger partial charge >= 0.3 is 0 Å². The van der Waals surface area contributed by atoms with E-state index in [0.29, 0.717) is 23.7 Å². The van der Waals surface area contributed by atoms with Gasteiger partial charge in [-0.3, -0.25) is 9.59 Å². The van der Waals surface area contributed by atoms with Crippen LogP contribution in [-0.4, -0.2) is 11.6 Å². The summed E-state index contributed by atoms with van der Waals surface area (Å²) < 4.78 is 0. The Morgan fingerprint density at radius 3 is 1.25 bits per heavy atom. The zero-order valence-corrected chi connectivity index (χ0v) is 9.26. The summed E-state index contributed by atoms with van der Waals surface area (Å²) in [6.45, 7) is 0. The van der Waals surface area contributed by atoms with Crippen molar-refractivity contribution in [2.75, 3.05) is 0 Å². The summed E-state index contributed by atoms with van der Waals surface area (Å²) >= 11 is 0. The lowest BCUT2D eigenvalue weighted by molar-refractivity contribution is -0.143. The van der Waals surface area contributed by atoms with E-state index < -0.39 is 0 Å². The molecule has 0 saturated heterocycles. The highest BCUT2D eigenvalue weighted by Gasteiger charge is 2.73. The molecular formula is C14H16O2. The number of rotatable bonds is 0. The highest BCUT2D eigenvalue weighted by Crippen LogP contribution is 2.73.